The summed E-state index contributed by atoms with van der Waals surface area (Å²) in [4.78, 5) is 10.8. The van der Waals surface area contributed by atoms with Gasteiger partial charge in [0.25, 0.3) is 0 Å². The minimum atomic E-state index is -0.277. The van der Waals surface area contributed by atoms with Crippen molar-refractivity contribution >= 4 is 5.97 Å². The van der Waals surface area contributed by atoms with Crippen LogP contribution in [0.2, 0.25) is 0 Å². The van der Waals surface area contributed by atoms with Crippen LogP contribution in [-0.4, -0.2) is 18.2 Å². The van der Waals surface area contributed by atoms with E-state index < -0.39 is 0 Å². The summed E-state index contributed by atoms with van der Waals surface area (Å²) in [5, 5.41) is 8.93. The normalized spacial score (nSPS) is 8.69. The van der Waals surface area contributed by atoms with Gasteiger partial charge in [-0.2, -0.15) is 0 Å². The molecule has 4 heteroatoms. The molecule has 1 aromatic rings. The van der Waals surface area contributed by atoms with E-state index in [0.717, 1.165) is 5.56 Å². The number of aromatic hydroxyl groups is 1. The Bertz CT molecular complexity index is 274. The van der Waals surface area contributed by atoms with Gasteiger partial charge in [-0.1, -0.05) is 12.1 Å². The maximum Gasteiger partial charge on any atom is 1.00 e. The van der Waals surface area contributed by atoms with Gasteiger partial charge in [-0.3, -0.25) is 4.79 Å². The van der Waals surface area contributed by atoms with Crippen molar-refractivity contribution in [1.82, 2.24) is 0 Å². The van der Waals surface area contributed by atoms with E-state index in [1.165, 1.54) is 19.2 Å². The zero-order valence-electron chi connectivity index (χ0n) is 8.78. The van der Waals surface area contributed by atoms with Crippen molar-refractivity contribution in [2.75, 3.05) is 7.11 Å². The monoisotopic (exact) mass is 190 g/mol. The molecule has 1 aromatic carbocycles. The Morgan fingerprint density at radius 1 is 1.46 bits per heavy atom. The van der Waals surface area contributed by atoms with Crippen LogP contribution in [0.1, 0.15) is 6.99 Å². The fraction of sp³-hybridized carbons (Fsp3) is 0.222. The summed E-state index contributed by atoms with van der Waals surface area (Å²) in [5.74, 6) is -0.0793. The predicted octanol–water partition coefficient (Wildman–Crippen LogP) is -1.78. The van der Waals surface area contributed by atoms with Crippen LogP contribution in [0.15, 0.2) is 24.3 Å². The van der Waals surface area contributed by atoms with Crippen molar-refractivity contribution in [2.24, 2.45) is 0 Å². The SMILES string of the molecule is COC(=O)Cc1ccc(O)cc1.[H-].[Na+]. The summed E-state index contributed by atoms with van der Waals surface area (Å²) >= 11 is 0. The molecule has 0 bridgehead atoms. The van der Waals surface area contributed by atoms with Gasteiger partial charge in [0.15, 0.2) is 0 Å². The van der Waals surface area contributed by atoms with Crippen LogP contribution in [0.5, 0.6) is 5.75 Å². The molecule has 0 atom stereocenters. The van der Waals surface area contributed by atoms with E-state index in [-0.39, 0.29) is 49.1 Å². The van der Waals surface area contributed by atoms with Crippen molar-refractivity contribution in [3.63, 3.8) is 0 Å². The van der Waals surface area contributed by atoms with Gasteiger partial charge in [0.1, 0.15) is 5.75 Å². The molecule has 66 valence electrons. The molecule has 0 aromatic heterocycles. The maximum absolute atomic E-state index is 10.8. The molecule has 0 fully saturated rings. The first-order valence-corrected chi connectivity index (χ1v) is 3.57. The molecule has 1 rings (SSSR count). The number of phenolic OH excluding ortho intramolecular Hbond substituents is 1. The van der Waals surface area contributed by atoms with E-state index in [4.69, 9.17) is 5.11 Å². The molecule has 0 aliphatic heterocycles. The molecule has 0 aliphatic rings. The number of carbonyl (C=O) groups excluding carboxylic acids is 1. The second kappa shape index (κ2) is 6.02. The molecule has 1 N–H and O–H groups in total. The predicted molar refractivity (Wildman–Crippen MR) is 44.9 cm³/mol. The van der Waals surface area contributed by atoms with Crippen LogP contribution in [0, 0.1) is 0 Å². The number of carbonyl (C=O) groups is 1. The van der Waals surface area contributed by atoms with Crippen molar-refractivity contribution in [2.45, 2.75) is 6.42 Å². The van der Waals surface area contributed by atoms with Crippen LogP contribution in [0.3, 0.4) is 0 Å². The number of rotatable bonds is 2. The Balaban J connectivity index is 0. The Labute approximate surface area is 100 Å². The summed E-state index contributed by atoms with van der Waals surface area (Å²) in [7, 11) is 1.35. The fourth-order valence-corrected chi connectivity index (χ4v) is 0.853. The quantitative estimate of drug-likeness (QED) is 0.443. The summed E-state index contributed by atoms with van der Waals surface area (Å²) in [6.45, 7) is 0. The van der Waals surface area contributed by atoms with E-state index in [9.17, 15) is 4.79 Å². The van der Waals surface area contributed by atoms with E-state index >= 15 is 0 Å². The zero-order valence-corrected chi connectivity index (χ0v) is 9.78. The van der Waals surface area contributed by atoms with Gasteiger partial charge >= 0.3 is 35.5 Å². The molecule has 0 unspecified atom stereocenters. The standard InChI is InChI=1S/C9H10O3.Na.H/c1-12-9(11)6-7-2-4-8(10)5-3-7;;/h2-5,10H,6H2,1H3;;/q;+1;-1. The Hall–Kier alpha value is -0.510. The summed E-state index contributed by atoms with van der Waals surface area (Å²) in [6, 6.07) is 6.45. The first-order valence-electron chi connectivity index (χ1n) is 3.57. The topological polar surface area (TPSA) is 46.5 Å². The number of esters is 1. The molecule has 0 saturated heterocycles. The summed E-state index contributed by atoms with van der Waals surface area (Å²) in [5.41, 5.74) is 0.833. The number of phenols is 1. The molecular weight excluding hydrogens is 179 g/mol. The molecule has 0 radical (unpaired) electrons. The minimum Gasteiger partial charge on any atom is -1.00 e. The number of methoxy groups -OCH3 is 1. The summed E-state index contributed by atoms with van der Waals surface area (Å²) < 4.78 is 4.48. The molecule has 0 aliphatic carbocycles. The molecule has 3 nitrogen and oxygen atoms in total. The number of benzene rings is 1. The molecule has 0 amide bonds. The van der Waals surface area contributed by atoms with Crippen molar-refractivity contribution in [3.05, 3.63) is 29.8 Å². The third-order valence-electron chi connectivity index (χ3n) is 1.51. The number of hydrogen-bond acceptors (Lipinski definition) is 3. The molecule has 0 saturated carbocycles. The Morgan fingerprint density at radius 2 is 2.00 bits per heavy atom. The first kappa shape index (κ1) is 12.5. The Morgan fingerprint density at radius 3 is 2.46 bits per heavy atom. The minimum absolute atomic E-state index is 0. The van der Waals surface area contributed by atoms with E-state index in [0.29, 0.717) is 0 Å². The van der Waals surface area contributed by atoms with Crippen LogP contribution in [0.25, 0.3) is 0 Å². The largest absolute Gasteiger partial charge is 1.00 e. The van der Waals surface area contributed by atoms with Crippen molar-refractivity contribution in [3.8, 4) is 5.75 Å². The van der Waals surface area contributed by atoms with Crippen molar-refractivity contribution < 1.29 is 45.6 Å². The van der Waals surface area contributed by atoms with Gasteiger partial charge in [0.05, 0.1) is 13.5 Å². The third kappa shape index (κ3) is 4.31. The van der Waals surface area contributed by atoms with Crippen LogP contribution in [-0.2, 0) is 16.0 Å². The van der Waals surface area contributed by atoms with Crippen LogP contribution in [0.4, 0.5) is 0 Å². The maximum atomic E-state index is 10.8. The molecule has 0 spiro atoms. The van der Waals surface area contributed by atoms with Crippen molar-refractivity contribution in [1.29, 1.82) is 0 Å². The molecule has 0 heterocycles. The van der Waals surface area contributed by atoms with Gasteiger partial charge in [0, 0.05) is 0 Å². The average Bonchev–Trinajstić information content (AvgIpc) is 2.09. The van der Waals surface area contributed by atoms with Gasteiger partial charge in [-0.05, 0) is 17.7 Å². The third-order valence-corrected chi connectivity index (χ3v) is 1.51. The van der Waals surface area contributed by atoms with E-state index in [2.05, 4.69) is 4.74 Å². The van der Waals surface area contributed by atoms with Gasteiger partial charge in [-0.25, -0.2) is 0 Å². The fourth-order valence-electron chi connectivity index (χ4n) is 0.853. The summed E-state index contributed by atoms with van der Waals surface area (Å²) in [6.07, 6.45) is 0.247. The zero-order chi connectivity index (χ0) is 8.97. The molecular formula is C9H11NaO3. The van der Waals surface area contributed by atoms with Crippen LogP contribution < -0.4 is 29.6 Å². The van der Waals surface area contributed by atoms with Crippen LogP contribution >= 0.6 is 0 Å². The van der Waals surface area contributed by atoms with E-state index in [1.54, 1.807) is 12.1 Å². The van der Waals surface area contributed by atoms with E-state index in [1.807, 2.05) is 0 Å². The molecule has 13 heavy (non-hydrogen) atoms. The number of hydrogen-bond donors (Lipinski definition) is 1. The van der Waals surface area contributed by atoms with Gasteiger partial charge in [-0.15, -0.1) is 0 Å². The van der Waals surface area contributed by atoms with Gasteiger partial charge < -0.3 is 11.3 Å². The number of ether oxygens (including phenoxy) is 1. The second-order valence-electron chi connectivity index (χ2n) is 2.42. The Kier molecular flexibility index (Phi) is 5.79. The second-order valence-corrected chi connectivity index (χ2v) is 2.42. The first-order chi connectivity index (χ1) is 5.72. The smallest absolute Gasteiger partial charge is 1.00 e. The van der Waals surface area contributed by atoms with Gasteiger partial charge in [0.2, 0.25) is 0 Å². The average molecular weight is 190 g/mol.